The summed E-state index contributed by atoms with van der Waals surface area (Å²) in [7, 11) is 0. The second-order valence-electron chi connectivity index (χ2n) is 6.52. The van der Waals surface area contributed by atoms with E-state index in [0.717, 1.165) is 25.4 Å². The van der Waals surface area contributed by atoms with Crippen molar-refractivity contribution in [3.05, 3.63) is 69.8 Å². The van der Waals surface area contributed by atoms with Crippen molar-refractivity contribution in [3.8, 4) is 5.75 Å². The predicted molar refractivity (Wildman–Crippen MR) is 102 cm³/mol. The fourth-order valence-electron chi connectivity index (χ4n) is 3.23. The number of carbonyl (C=O) groups is 1. The summed E-state index contributed by atoms with van der Waals surface area (Å²) in [6.07, 6.45) is 0. The van der Waals surface area contributed by atoms with Crippen LogP contribution in [-0.4, -0.2) is 60.0 Å². The number of aryl methyl sites for hydroxylation is 1. The third-order valence-electron chi connectivity index (χ3n) is 4.73. The molecular weight excluding hydrogens is 346 g/mol. The summed E-state index contributed by atoms with van der Waals surface area (Å²) < 4.78 is 5.71. The molecule has 7 nitrogen and oxygen atoms in total. The molecule has 0 radical (unpaired) electrons. The van der Waals surface area contributed by atoms with Crippen molar-refractivity contribution in [2.24, 2.45) is 0 Å². The van der Waals surface area contributed by atoms with Gasteiger partial charge in [-0.25, -0.2) is 0 Å². The lowest BCUT2D eigenvalue weighted by Gasteiger charge is -2.34. The van der Waals surface area contributed by atoms with Crippen LogP contribution in [0.4, 0.5) is 5.69 Å². The van der Waals surface area contributed by atoms with Gasteiger partial charge in [-0.3, -0.25) is 19.8 Å². The highest BCUT2D eigenvalue weighted by Gasteiger charge is 2.28. The molecule has 1 aliphatic rings. The number of nitrogens with zero attached hydrogens (tertiary/aromatic N) is 3. The van der Waals surface area contributed by atoms with Gasteiger partial charge in [0.1, 0.15) is 17.9 Å². The monoisotopic (exact) mass is 369 g/mol. The Morgan fingerprint density at radius 2 is 1.78 bits per heavy atom. The van der Waals surface area contributed by atoms with Crippen LogP contribution in [0, 0.1) is 17.0 Å². The standard InChI is InChI=1S/C20H23N3O4/c1-16-6-5-9-18(19(16)23(25)26)20(24)22-12-10-21(11-13-22)14-15-27-17-7-3-2-4-8-17/h2-9H,10-15H2,1H3. The van der Waals surface area contributed by atoms with Gasteiger partial charge in [0.15, 0.2) is 0 Å². The second-order valence-corrected chi connectivity index (χ2v) is 6.52. The van der Waals surface area contributed by atoms with Gasteiger partial charge in [0.2, 0.25) is 0 Å². The highest BCUT2D eigenvalue weighted by molar-refractivity contribution is 5.98. The summed E-state index contributed by atoms with van der Waals surface area (Å²) in [6, 6.07) is 14.5. The van der Waals surface area contributed by atoms with E-state index in [4.69, 9.17) is 4.74 Å². The highest BCUT2D eigenvalue weighted by atomic mass is 16.6. The van der Waals surface area contributed by atoms with Crippen molar-refractivity contribution < 1.29 is 14.5 Å². The Hall–Kier alpha value is -2.93. The van der Waals surface area contributed by atoms with E-state index in [-0.39, 0.29) is 17.2 Å². The third kappa shape index (κ3) is 4.62. The summed E-state index contributed by atoms with van der Waals surface area (Å²) in [5.41, 5.74) is 0.574. The van der Waals surface area contributed by atoms with E-state index >= 15 is 0 Å². The Balaban J connectivity index is 1.53. The lowest BCUT2D eigenvalue weighted by molar-refractivity contribution is -0.385. The van der Waals surface area contributed by atoms with E-state index in [1.54, 1.807) is 24.0 Å². The van der Waals surface area contributed by atoms with Crippen LogP contribution in [0.5, 0.6) is 5.75 Å². The number of rotatable bonds is 6. The normalized spacial score (nSPS) is 14.8. The predicted octanol–water partition coefficient (Wildman–Crippen LogP) is 2.74. The maximum Gasteiger partial charge on any atom is 0.285 e. The van der Waals surface area contributed by atoms with Crippen molar-refractivity contribution in [2.75, 3.05) is 39.3 Å². The minimum atomic E-state index is -0.472. The van der Waals surface area contributed by atoms with Gasteiger partial charge in [0.25, 0.3) is 11.6 Å². The molecule has 2 aromatic rings. The fraction of sp³-hybridized carbons (Fsp3) is 0.350. The quantitative estimate of drug-likeness (QED) is 0.578. The number of carbonyl (C=O) groups excluding carboxylic acids is 1. The number of nitro benzene ring substituents is 1. The molecule has 0 atom stereocenters. The van der Waals surface area contributed by atoms with Gasteiger partial charge in [-0.05, 0) is 25.1 Å². The van der Waals surface area contributed by atoms with Crippen LogP contribution in [0.25, 0.3) is 0 Å². The Morgan fingerprint density at radius 3 is 2.44 bits per heavy atom. The average Bonchev–Trinajstić information content (AvgIpc) is 2.68. The van der Waals surface area contributed by atoms with E-state index < -0.39 is 4.92 Å². The molecular formula is C20H23N3O4. The molecule has 2 aromatic carbocycles. The summed E-state index contributed by atoms with van der Waals surface area (Å²) in [4.78, 5) is 27.5. The molecule has 0 aliphatic carbocycles. The van der Waals surface area contributed by atoms with Crippen molar-refractivity contribution >= 4 is 11.6 Å². The Labute approximate surface area is 158 Å². The first-order valence-corrected chi connectivity index (χ1v) is 9.00. The molecule has 3 rings (SSSR count). The van der Waals surface area contributed by atoms with Crippen LogP contribution < -0.4 is 4.74 Å². The number of nitro groups is 1. The SMILES string of the molecule is Cc1cccc(C(=O)N2CCN(CCOc3ccccc3)CC2)c1[N+](=O)[O-]. The lowest BCUT2D eigenvalue weighted by atomic mass is 10.1. The van der Waals surface area contributed by atoms with Crippen molar-refractivity contribution in [3.63, 3.8) is 0 Å². The first-order valence-electron chi connectivity index (χ1n) is 9.00. The molecule has 1 heterocycles. The molecule has 7 heteroatoms. The minimum absolute atomic E-state index is 0.0961. The van der Waals surface area contributed by atoms with Gasteiger partial charge in [0, 0.05) is 38.3 Å². The Kier molecular flexibility index (Phi) is 6.03. The molecule has 1 amide bonds. The van der Waals surface area contributed by atoms with Crippen molar-refractivity contribution in [2.45, 2.75) is 6.92 Å². The molecule has 142 valence electrons. The number of benzene rings is 2. The van der Waals surface area contributed by atoms with Crippen LogP contribution in [0.3, 0.4) is 0 Å². The maximum atomic E-state index is 12.8. The van der Waals surface area contributed by atoms with Gasteiger partial charge >= 0.3 is 0 Å². The van der Waals surface area contributed by atoms with Crippen LogP contribution in [0.1, 0.15) is 15.9 Å². The zero-order valence-electron chi connectivity index (χ0n) is 15.3. The molecule has 1 fully saturated rings. The lowest BCUT2D eigenvalue weighted by Crippen LogP contribution is -2.49. The minimum Gasteiger partial charge on any atom is -0.492 e. The first kappa shape index (κ1) is 18.8. The number of para-hydroxylation sites is 2. The molecule has 1 aliphatic heterocycles. The van der Waals surface area contributed by atoms with Gasteiger partial charge in [-0.1, -0.05) is 30.3 Å². The summed E-state index contributed by atoms with van der Waals surface area (Å²) >= 11 is 0. The van der Waals surface area contributed by atoms with Gasteiger partial charge < -0.3 is 9.64 Å². The topological polar surface area (TPSA) is 75.9 Å². The van der Waals surface area contributed by atoms with Crippen LogP contribution in [0.2, 0.25) is 0 Å². The van der Waals surface area contributed by atoms with E-state index in [2.05, 4.69) is 4.90 Å². The number of ether oxygens (including phenoxy) is 1. The Morgan fingerprint density at radius 1 is 1.07 bits per heavy atom. The zero-order chi connectivity index (χ0) is 19.2. The maximum absolute atomic E-state index is 12.8. The van der Waals surface area contributed by atoms with Crippen molar-refractivity contribution in [1.29, 1.82) is 0 Å². The van der Waals surface area contributed by atoms with Crippen molar-refractivity contribution in [1.82, 2.24) is 9.80 Å². The third-order valence-corrected chi connectivity index (χ3v) is 4.73. The van der Waals surface area contributed by atoms with Gasteiger partial charge in [0.05, 0.1) is 4.92 Å². The molecule has 0 unspecified atom stereocenters. The van der Waals surface area contributed by atoms with Crippen LogP contribution in [-0.2, 0) is 0 Å². The average molecular weight is 369 g/mol. The van der Waals surface area contributed by atoms with E-state index in [9.17, 15) is 14.9 Å². The van der Waals surface area contributed by atoms with E-state index in [0.29, 0.717) is 25.3 Å². The smallest absolute Gasteiger partial charge is 0.285 e. The summed E-state index contributed by atoms with van der Waals surface area (Å²) in [5.74, 6) is 0.573. The van der Waals surface area contributed by atoms with Gasteiger partial charge in [-0.15, -0.1) is 0 Å². The van der Waals surface area contributed by atoms with Gasteiger partial charge in [-0.2, -0.15) is 0 Å². The molecule has 0 bridgehead atoms. The fourth-order valence-corrected chi connectivity index (χ4v) is 3.23. The molecule has 0 spiro atoms. The van der Waals surface area contributed by atoms with Crippen LogP contribution >= 0.6 is 0 Å². The van der Waals surface area contributed by atoms with Crippen LogP contribution in [0.15, 0.2) is 48.5 Å². The molecule has 27 heavy (non-hydrogen) atoms. The number of amides is 1. The zero-order valence-corrected chi connectivity index (χ0v) is 15.3. The second kappa shape index (κ2) is 8.64. The molecule has 1 saturated heterocycles. The van der Waals surface area contributed by atoms with E-state index in [1.165, 1.54) is 6.07 Å². The number of piperazine rings is 1. The largest absolute Gasteiger partial charge is 0.492 e. The highest BCUT2D eigenvalue weighted by Crippen LogP contribution is 2.24. The molecule has 0 aromatic heterocycles. The van der Waals surface area contributed by atoms with E-state index in [1.807, 2.05) is 30.3 Å². The Bertz CT molecular complexity index is 802. The summed E-state index contributed by atoms with van der Waals surface area (Å²) in [5, 5.41) is 11.3. The number of hydrogen-bond donors (Lipinski definition) is 0. The molecule has 0 N–H and O–H groups in total. The molecule has 0 saturated carbocycles. The first-order chi connectivity index (χ1) is 13.1. The summed E-state index contributed by atoms with van der Waals surface area (Å²) in [6.45, 7) is 5.57. The number of hydrogen-bond acceptors (Lipinski definition) is 5.